The number of hydrogen-bond acceptors (Lipinski definition) is 4. The minimum atomic E-state index is 0.0332. The first-order valence-corrected chi connectivity index (χ1v) is 4.75. The van der Waals surface area contributed by atoms with Crippen LogP contribution in [0.15, 0.2) is 18.7 Å². The molecule has 4 nitrogen and oxygen atoms in total. The van der Waals surface area contributed by atoms with Crippen molar-refractivity contribution in [1.82, 2.24) is 15.3 Å². The van der Waals surface area contributed by atoms with Crippen molar-refractivity contribution in [2.45, 2.75) is 26.3 Å². The highest BCUT2D eigenvalue weighted by Gasteiger charge is 2.06. The zero-order valence-electron chi connectivity index (χ0n) is 8.53. The van der Waals surface area contributed by atoms with E-state index >= 15 is 0 Å². The molecule has 76 valence electrons. The molecule has 14 heavy (non-hydrogen) atoms. The Morgan fingerprint density at radius 2 is 2.14 bits per heavy atom. The van der Waals surface area contributed by atoms with E-state index in [9.17, 15) is 4.79 Å². The van der Waals surface area contributed by atoms with Crippen LogP contribution < -0.4 is 5.32 Å². The summed E-state index contributed by atoms with van der Waals surface area (Å²) in [6.45, 7) is 4.48. The van der Waals surface area contributed by atoms with E-state index in [0.29, 0.717) is 18.2 Å². The number of carbonyl (C=O) groups is 1. The van der Waals surface area contributed by atoms with Gasteiger partial charge in [-0.3, -0.25) is 4.79 Å². The Hall–Kier alpha value is -1.29. The van der Waals surface area contributed by atoms with Gasteiger partial charge < -0.3 is 5.32 Å². The van der Waals surface area contributed by atoms with Crippen molar-refractivity contribution >= 4 is 5.78 Å². The van der Waals surface area contributed by atoms with E-state index in [1.54, 1.807) is 0 Å². The van der Waals surface area contributed by atoms with Crippen molar-refractivity contribution in [3.8, 4) is 0 Å². The lowest BCUT2D eigenvalue weighted by Gasteiger charge is -2.09. The normalized spacial score (nSPS) is 12.4. The molecule has 0 amide bonds. The van der Waals surface area contributed by atoms with Gasteiger partial charge in [-0.1, -0.05) is 6.92 Å². The number of hydrogen-bond donors (Lipinski definition) is 1. The molecule has 1 aromatic rings. The van der Waals surface area contributed by atoms with Gasteiger partial charge in [-0.15, -0.1) is 0 Å². The summed E-state index contributed by atoms with van der Waals surface area (Å²) in [6.07, 6.45) is 5.50. The molecule has 0 aliphatic heterocycles. The quantitative estimate of drug-likeness (QED) is 0.710. The highest BCUT2D eigenvalue weighted by molar-refractivity contribution is 5.97. The summed E-state index contributed by atoms with van der Waals surface area (Å²) in [5, 5.41) is 3.13. The van der Waals surface area contributed by atoms with Crippen LogP contribution in [0.4, 0.5) is 0 Å². The van der Waals surface area contributed by atoms with E-state index in [1.165, 1.54) is 18.7 Å². The number of nitrogens with one attached hydrogen (secondary N) is 1. The first-order chi connectivity index (χ1) is 6.74. The van der Waals surface area contributed by atoms with Crippen LogP contribution in [0.2, 0.25) is 0 Å². The molecule has 1 atom stereocenters. The van der Waals surface area contributed by atoms with Crippen LogP contribution >= 0.6 is 0 Å². The van der Waals surface area contributed by atoms with E-state index in [1.807, 2.05) is 0 Å². The second kappa shape index (κ2) is 5.44. The Kier molecular flexibility index (Phi) is 4.19. The molecule has 1 heterocycles. The fourth-order valence-corrected chi connectivity index (χ4v) is 0.956. The third kappa shape index (κ3) is 3.22. The van der Waals surface area contributed by atoms with Crippen molar-refractivity contribution < 1.29 is 4.79 Å². The summed E-state index contributed by atoms with van der Waals surface area (Å²) in [4.78, 5) is 19.1. The fraction of sp³-hybridized carbons (Fsp3) is 0.500. The van der Waals surface area contributed by atoms with Gasteiger partial charge in [0.2, 0.25) is 0 Å². The largest absolute Gasteiger partial charge is 0.307 e. The van der Waals surface area contributed by atoms with E-state index in [2.05, 4.69) is 29.1 Å². The maximum atomic E-state index is 11.5. The molecule has 0 aliphatic carbocycles. The Morgan fingerprint density at radius 3 is 2.71 bits per heavy atom. The minimum absolute atomic E-state index is 0.0332. The van der Waals surface area contributed by atoms with Crippen molar-refractivity contribution in [2.75, 3.05) is 6.54 Å². The lowest BCUT2D eigenvalue weighted by Crippen LogP contribution is -2.30. The summed E-state index contributed by atoms with van der Waals surface area (Å²) in [6, 6.07) is 0.364. The maximum absolute atomic E-state index is 11.5. The van der Waals surface area contributed by atoms with Crippen LogP contribution in [0.3, 0.4) is 0 Å². The van der Waals surface area contributed by atoms with Gasteiger partial charge in [-0.05, 0) is 13.3 Å². The second-order valence-electron chi connectivity index (χ2n) is 3.24. The van der Waals surface area contributed by atoms with Gasteiger partial charge in [0.25, 0.3) is 0 Å². The topological polar surface area (TPSA) is 54.9 Å². The molecule has 0 bridgehead atoms. The van der Waals surface area contributed by atoms with Gasteiger partial charge in [-0.2, -0.15) is 0 Å². The zero-order valence-corrected chi connectivity index (χ0v) is 8.53. The van der Waals surface area contributed by atoms with Gasteiger partial charge >= 0.3 is 0 Å². The first-order valence-electron chi connectivity index (χ1n) is 4.75. The fourth-order valence-electron chi connectivity index (χ4n) is 0.956. The molecule has 0 aliphatic rings. The molecule has 0 saturated carbocycles. The van der Waals surface area contributed by atoms with Crippen LogP contribution in [-0.4, -0.2) is 28.3 Å². The van der Waals surface area contributed by atoms with Crippen LogP contribution in [-0.2, 0) is 0 Å². The molecule has 0 saturated heterocycles. The molecule has 1 rings (SSSR count). The summed E-state index contributed by atoms with van der Waals surface area (Å²) in [5.41, 5.74) is 0.559. The Morgan fingerprint density at radius 1 is 1.50 bits per heavy atom. The molecular formula is C10H15N3O. The summed E-state index contributed by atoms with van der Waals surface area (Å²) in [7, 11) is 0. The smallest absolute Gasteiger partial charge is 0.179 e. The molecule has 1 aromatic heterocycles. The van der Waals surface area contributed by atoms with E-state index in [0.717, 1.165) is 6.42 Å². The third-order valence-electron chi connectivity index (χ3n) is 2.11. The minimum Gasteiger partial charge on any atom is -0.307 e. The van der Waals surface area contributed by atoms with E-state index in [4.69, 9.17) is 0 Å². The van der Waals surface area contributed by atoms with Gasteiger partial charge in [-0.25, -0.2) is 9.97 Å². The maximum Gasteiger partial charge on any atom is 0.179 e. The molecule has 0 spiro atoms. The first kappa shape index (κ1) is 10.8. The number of rotatable bonds is 5. The van der Waals surface area contributed by atoms with E-state index in [-0.39, 0.29) is 5.78 Å². The van der Waals surface area contributed by atoms with Crippen molar-refractivity contribution in [2.24, 2.45) is 0 Å². The zero-order chi connectivity index (χ0) is 10.4. The molecule has 1 unspecified atom stereocenters. The van der Waals surface area contributed by atoms with Gasteiger partial charge in [0.15, 0.2) is 5.78 Å². The Balaban J connectivity index is 2.44. The van der Waals surface area contributed by atoms with Crippen LogP contribution in [0.25, 0.3) is 0 Å². The van der Waals surface area contributed by atoms with E-state index < -0.39 is 0 Å². The number of Topliss-reactive ketones (excluding diaryl/α,β-unsaturated/α-hetero) is 1. The molecular weight excluding hydrogens is 178 g/mol. The predicted molar refractivity (Wildman–Crippen MR) is 54.1 cm³/mol. The molecule has 1 N–H and O–H groups in total. The number of ketones is 1. The predicted octanol–water partition coefficient (Wildman–Crippen LogP) is 1.05. The molecule has 0 aromatic carbocycles. The van der Waals surface area contributed by atoms with Gasteiger partial charge in [0.1, 0.15) is 6.33 Å². The highest BCUT2D eigenvalue weighted by atomic mass is 16.1. The van der Waals surface area contributed by atoms with Crippen molar-refractivity contribution in [3.63, 3.8) is 0 Å². The summed E-state index contributed by atoms with van der Waals surface area (Å²) >= 11 is 0. The molecule has 0 radical (unpaired) electrons. The summed E-state index contributed by atoms with van der Waals surface area (Å²) < 4.78 is 0. The molecule has 0 fully saturated rings. The van der Waals surface area contributed by atoms with Crippen molar-refractivity contribution in [1.29, 1.82) is 0 Å². The SMILES string of the molecule is CCC(C)NCC(=O)c1cncnc1. The molecule has 4 heteroatoms. The number of aromatic nitrogens is 2. The average Bonchev–Trinajstić information content (AvgIpc) is 2.26. The Labute approximate surface area is 83.8 Å². The summed E-state index contributed by atoms with van der Waals surface area (Å²) in [5.74, 6) is 0.0332. The van der Waals surface area contributed by atoms with Gasteiger partial charge in [0.05, 0.1) is 12.1 Å². The lowest BCUT2D eigenvalue weighted by molar-refractivity contribution is 0.0987. The standard InChI is InChI=1S/C10H15N3O/c1-3-8(2)13-6-10(14)9-4-11-7-12-5-9/h4-5,7-8,13H,3,6H2,1-2H3. The second-order valence-corrected chi connectivity index (χ2v) is 3.24. The van der Waals surface area contributed by atoms with Crippen LogP contribution in [0.1, 0.15) is 30.6 Å². The number of nitrogens with zero attached hydrogens (tertiary/aromatic N) is 2. The monoisotopic (exact) mass is 193 g/mol. The average molecular weight is 193 g/mol. The van der Waals surface area contributed by atoms with Crippen LogP contribution in [0, 0.1) is 0 Å². The number of carbonyl (C=O) groups excluding carboxylic acids is 1. The highest BCUT2D eigenvalue weighted by Crippen LogP contribution is 1.95. The van der Waals surface area contributed by atoms with Crippen LogP contribution in [0.5, 0.6) is 0 Å². The van der Waals surface area contributed by atoms with Crippen molar-refractivity contribution in [3.05, 3.63) is 24.3 Å². The Bertz CT molecular complexity index is 287. The van der Waals surface area contributed by atoms with Gasteiger partial charge in [0, 0.05) is 18.4 Å². The third-order valence-corrected chi connectivity index (χ3v) is 2.11. The lowest BCUT2D eigenvalue weighted by atomic mass is 10.2.